The topological polar surface area (TPSA) is 18.5 Å². The first-order valence-electron chi connectivity index (χ1n) is 6.89. The van der Waals surface area contributed by atoms with E-state index in [9.17, 15) is 0 Å². The Morgan fingerprint density at radius 1 is 0.944 bits per heavy atom. The summed E-state index contributed by atoms with van der Waals surface area (Å²) in [5.41, 5.74) is 8.92. The fraction of sp³-hybridized carbons (Fsp3) is 0.625. The van der Waals surface area contributed by atoms with Crippen molar-refractivity contribution in [3.63, 3.8) is 0 Å². The zero-order valence-electron chi connectivity index (χ0n) is 11.8. The SMILES string of the molecule is Cc1c(C)c(C)c2c(c1C)CCC1OCOCC21. The van der Waals surface area contributed by atoms with Crippen LogP contribution in [0.5, 0.6) is 0 Å². The summed E-state index contributed by atoms with van der Waals surface area (Å²) in [6, 6.07) is 0. The molecule has 0 spiro atoms. The Kier molecular flexibility index (Phi) is 2.95. The monoisotopic (exact) mass is 246 g/mol. The first-order chi connectivity index (χ1) is 8.61. The quantitative estimate of drug-likeness (QED) is 0.699. The first kappa shape index (κ1) is 12.2. The molecule has 2 nitrogen and oxygen atoms in total. The summed E-state index contributed by atoms with van der Waals surface area (Å²) in [5, 5.41) is 0. The molecule has 1 heterocycles. The van der Waals surface area contributed by atoms with Gasteiger partial charge in [-0.1, -0.05) is 0 Å². The highest BCUT2D eigenvalue weighted by atomic mass is 16.7. The third-order valence-corrected chi connectivity index (χ3v) is 5.03. The molecule has 2 aliphatic rings. The van der Waals surface area contributed by atoms with Crippen LogP contribution in [0.2, 0.25) is 0 Å². The molecule has 2 heteroatoms. The van der Waals surface area contributed by atoms with Gasteiger partial charge in [0.1, 0.15) is 6.79 Å². The second kappa shape index (κ2) is 4.36. The van der Waals surface area contributed by atoms with Crippen molar-refractivity contribution in [2.45, 2.75) is 52.6 Å². The van der Waals surface area contributed by atoms with Crippen LogP contribution in [-0.2, 0) is 15.9 Å². The van der Waals surface area contributed by atoms with Gasteiger partial charge in [-0.15, -0.1) is 0 Å². The molecule has 1 aromatic rings. The smallest absolute Gasteiger partial charge is 0.147 e. The van der Waals surface area contributed by atoms with Crippen LogP contribution in [0.1, 0.15) is 45.7 Å². The van der Waals surface area contributed by atoms with Gasteiger partial charge in [0.2, 0.25) is 0 Å². The maximum Gasteiger partial charge on any atom is 0.147 e. The van der Waals surface area contributed by atoms with Crippen LogP contribution in [0, 0.1) is 27.7 Å². The fourth-order valence-electron chi connectivity index (χ4n) is 3.62. The molecule has 0 bridgehead atoms. The van der Waals surface area contributed by atoms with Gasteiger partial charge in [-0.25, -0.2) is 0 Å². The summed E-state index contributed by atoms with van der Waals surface area (Å²) in [6.45, 7) is 10.3. The number of hydrogen-bond acceptors (Lipinski definition) is 2. The maximum absolute atomic E-state index is 5.78. The first-order valence-corrected chi connectivity index (χ1v) is 6.89. The van der Waals surface area contributed by atoms with Crippen molar-refractivity contribution in [1.29, 1.82) is 0 Å². The third-order valence-electron chi connectivity index (χ3n) is 5.03. The van der Waals surface area contributed by atoms with Crippen molar-refractivity contribution in [2.24, 2.45) is 0 Å². The Morgan fingerprint density at radius 3 is 2.44 bits per heavy atom. The molecule has 0 saturated carbocycles. The van der Waals surface area contributed by atoms with Gasteiger partial charge < -0.3 is 9.47 Å². The van der Waals surface area contributed by atoms with E-state index >= 15 is 0 Å². The molecule has 3 rings (SSSR count). The molecule has 1 fully saturated rings. The molecule has 1 aliphatic heterocycles. The Balaban J connectivity index is 2.18. The summed E-state index contributed by atoms with van der Waals surface area (Å²) in [7, 11) is 0. The van der Waals surface area contributed by atoms with Crippen LogP contribution < -0.4 is 0 Å². The Morgan fingerprint density at radius 2 is 1.67 bits per heavy atom. The summed E-state index contributed by atoms with van der Waals surface area (Å²) < 4.78 is 11.3. The van der Waals surface area contributed by atoms with Crippen LogP contribution in [-0.4, -0.2) is 19.5 Å². The summed E-state index contributed by atoms with van der Waals surface area (Å²) in [5.74, 6) is 0.445. The molecule has 0 N–H and O–H groups in total. The standard InChI is InChI=1S/C16H22O2/c1-9-10(2)12(4)16-13(11(9)3)5-6-15-14(16)7-17-8-18-15/h14-15H,5-8H2,1-4H3. The number of fused-ring (bicyclic) bond motifs is 3. The lowest BCUT2D eigenvalue weighted by Gasteiger charge is -2.39. The average molecular weight is 246 g/mol. The lowest BCUT2D eigenvalue weighted by Crippen LogP contribution is -2.37. The molecule has 2 atom stereocenters. The fourth-order valence-corrected chi connectivity index (χ4v) is 3.62. The minimum absolute atomic E-state index is 0.367. The van der Waals surface area contributed by atoms with Gasteiger partial charge >= 0.3 is 0 Å². The highest BCUT2D eigenvalue weighted by Crippen LogP contribution is 2.41. The van der Waals surface area contributed by atoms with Crippen molar-refractivity contribution >= 4 is 0 Å². The lowest BCUT2D eigenvalue weighted by atomic mass is 9.74. The van der Waals surface area contributed by atoms with Gasteiger partial charge in [0.05, 0.1) is 12.7 Å². The molecule has 2 unspecified atom stereocenters. The van der Waals surface area contributed by atoms with Crippen molar-refractivity contribution in [2.75, 3.05) is 13.4 Å². The van der Waals surface area contributed by atoms with Crippen molar-refractivity contribution in [1.82, 2.24) is 0 Å². The predicted molar refractivity (Wildman–Crippen MR) is 72.1 cm³/mol. The molecule has 1 aromatic carbocycles. The molecule has 0 radical (unpaired) electrons. The van der Waals surface area contributed by atoms with Gasteiger partial charge in [-0.2, -0.15) is 0 Å². The molecule has 98 valence electrons. The normalized spacial score (nSPS) is 26.7. The van der Waals surface area contributed by atoms with E-state index in [-0.39, 0.29) is 0 Å². The van der Waals surface area contributed by atoms with E-state index in [1.807, 2.05) is 0 Å². The Bertz CT molecular complexity index is 491. The molecule has 18 heavy (non-hydrogen) atoms. The van der Waals surface area contributed by atoms with Gasteiger partial charge in [0.25, 0.3) is 0 Å². The number of hydrogen-bond donors (Lipinski definition) is 0. The van der Waals surface area contributed by atoms with Crippen LogP contribution in [0.25, 0.3) is 0 Å². The van der Waals surface area contributed by atoms with Gasteiger partial charge in [-0.05, 0) is 73.9 Å². The Hall–Kier alpha value is -0.860. The van der Waals surface area contributed by atoms with Crippen molar-refractivity contribution in [3.05, 3.63) is 33.4 Å². The van der Waals surface area contributed by atoms with Gasteiger partial charge in [0.15, 0.2) is 0 Å². The third kappa shape index (κ3) is 1.63. The molecule has 0 amide bonds. The number of benzene rings is 1. The van der Waals surface area contributed by atoms with E-state index in [0.717, 1.165) is 19.4 Å². The number of ether oxygens (including phenoxy) is 2. The highest BCUT2D eigenvalue weighted by Gasteiger charge is 2.35. The second-order valence-corrected chi connectivity index (χ2v) is 5.73. The van der Waals surface area contributed by atoms with E-state index in [4.69, 9.17) is 9.47 Å². The molecule has 1 aliphatic carbocycles. The summed E-state index contributed by atoms with van der Waals surface area (Å²) >= 11 is 0. The minimum atomic E-state index is 0.367. The minimum Gasteiger partial charge on any atom is -0.355 e. The summed E-state index contributed by atoms with van der Waals surface area (Å²) in [4.78, 5) is 0. The zero-order chi connectivity index (χ0) is 12.9. The van der Waals surface area contributed by atoms with Crippen molar-refractivity contribution in [3.8, 4) is 0 Å². The van der Waals surface area contributed by atoms with Crippen LogP contribution in [0.3, 0.4) is 0 Å². The summed E-state index contributed by atoms with van der Waals surface area (Å²) in [6.07, 6.45) is 2.67. The zero-order valence-corrected chi connectivity index (χ0v) is 11.8. The molecular weight excluding hydrogens is 224 g/mol. The second-order valence-electron chi connectivity index (χ2n) is 5.73. The van der Waals surface area contributed by atoms with Gasteiger partial charge in [-0.3, -0.25) is 0 Å². The van der Waals surface area contributed by atoms with Crippen LogP contribution in [0.4, 0.5) is 0 Å². The van der Waals surface area contributed by atoms with E-state index in [0.29, 0.717) is 18.8 Å². The van der Waals surface area contributed by atoms with Crippen molar-refractivity contribution < 1.29 is 9.47 Å². The van der Waals surface area contributed by atoms with E-state index in [1.165, 1.54) is 27.8 Å². The van der Waals surface area contributed by atoms with Crippen LogP contribution >= 0.6 is 0 Å². The van der Waals surface area contributed by atoms with E-state index in [1.54, 1.807) is 5.56 Å². The highest BCUT2D eigenvalue weighted by molar-refractivity contribution is 5.53. The van der Waals surface area contributed by atoms with Crippen LogP contribution in [0.15, 0.2) is 0 Å². The predicted octanol–water partition coefficient (Wildman–Crippen LogP) is 3.32. The maximum atomic E-state index is 5.78. The number of rotatable bonds is 0. The molecule has 0 aromatic heterocycles. The lowest BCUT2D eigenvalue weighted by molar-refractivity contribution is -0.155. The van der Waals surface area contributed by atoms with E-state index in [2.05, 4.69) is 27.7 Å². The molecule has 1 saturated heterocycles. The van der Waals surface area contributed by atoms with Gasteiger partial charge in [0, 0.05) is 5.92 Å². The Labute approximate surface area is 109 Å². The van der Waals surface area contributed by atoms with E-state index < -0.39 is 0 Å². The average Bonchev–Trinajstić information content (AvgIpc) is 2.41. The molecular formula is C16H22O2. The largest absolute Gasteiger partial charge is 0.355 e.